The molecule has 0 unspecified atom stereocenters. The molecule has 0 spiro atoms. The van der Waals surface area contributed by atoms with E-state index in [1.54, 1.807) is 12.5 Å². The summed E-state index contributed by atoms with van der Waals surface area (Å²) < 4.78 is 11.9. The summed E-state index contributed by atoms with van der Waals surface area (Å²) in [7, 11) is 0. The van der Waals surface area contributed by atoms with Crippen molar-refractivity contribution >= 4 is 5.97 Å². The van der Waals surface area contributed by atoms with E-state index in [9.17, 15) is 4.79 Å². The minimum Gasteiger partial charge on any atom is -0.462 e. The van der Waals surface area contributed by atoms with Crippen molar-refractivity contribution in [3.63, 3.8) is 0 Å². The molecule has 1 heterocycles. The Hall–Kier alpha value is -0.830. The lowest BCUT2D eigenvalue weighted by molar-refractivity contribution is -0.148. The highest BCUT2D eigenvalue weighted by atomic mass is 16.6. The zero-order valence-corrected chi connectivity index (χ0v) is 22.2. The number of allylic oxidation sites excluding steroid dienone is 1. The van der Waals surface area contributed by atoms with Gasteiger partial charge in [0.15, 0.2) is 0 Å². The molecule has 0 N–H and O–H groups in total. The molecule has 3 heteroatoms. The van der Waals surface area contributed by atoms with E-state index in [2.05, 4.69) is 47.6 Å². The molecule has 5 aliphatic rings. The van der Waals surface area contributed by atoms with Crippen molar-refractivity contribution < 1.29 is 14.3 Å². The lowest BCUT2D eigenvalue weighted by Crippen LogP contribution is -2.51. The fourth-order valence-corrected chi connectivity index (χ4v) is 9.46. The molecule has 3 nitrogen and oxygen atoms in total. The van der Waals surface area contributed by atoms with Gasteiger partial charge in [0.2, 0.25) is 0 Å². The first kappa shape index (κ1) is 23.9. The average molecular weight is 457 g/mol. The molecule has 186 valence electrons. The van der Waals surface area contributed by atoms with E-state index in [-0.39, 0.29) is 12.1 Å². The Bertz CT molecular complexity index is 800. The summed E-state index contributed by atoms with van der Waals surface area (Å²) in [5, 5.41) is 0. The number of carbonyl (C=O) groups is 1. The first-order chi connectivity index (χ1) is 15.6. The molecule has 33 heavy (non-hydrogen) atoms. The number of hydrogen-bond acceptors (Lipinski definition) is 3. The third kappa shape index (κ3) is 3.83. The van der Waals surface area contributed by atoms with Gasteiger partial charge >= 0.3 is 5.97 Å². The van der Waals surface area contributed by atoms with E-state index in [4.69, 9.17) is 9.47 Å². The fourth-order valence-electron chi connectivity index (χ4n) is 9.46. The summed E-state index contributed by atoms with van der Waals surface area (Å²) in [6.45, 7) is 16.3. The van der Waals surface area contributed by atoms with Crippen LogP contribution in [0.5, 0.6) is 0 Å². The fraction of sp³-hybridized carbons (Fsp3) is 0.900. The Morgan fingerprint density at radius 2 is 1.79 bits per heavy atom. The molecule has 1 saturated heterocycles. The Morgan fingerprint density at radius 1 is 1.03 bits per heavy atom. The lowest BCUT2D eigenvalue weighted by atomic mass is 9.47. The maximum atomic E-state index is 11.5. The van der Waals surface area contributed by atoms with Crippen molar-refractivity contribution in [1.82, 2.24) is 0 Å². The Morgan fingerprint density at radius 3 is 2.48 bits per heavy atom. The summed E-state index contributed by atoms with van der Waals surface area (Å²) in [6, 6.07) is 0. The largest absolute Gasteiger partial charge is 0.462 e. The average Bonchev–Trinajstić information content (AvgIpc) is 3.47. The molecule has 4 aliphatic carbocycles. The lowest BCUT2D eigenvalue weighted by Gasteiger charge is -2.58. The zero-order chi connectivity index (χ0) is 23.7. The van der Waals surface area contributed by atoms with Gasteiger partial charge in [0.05, 0.1) is 12.2 Å². The summed E-state index contributed by atoms with van der Waals surface area (Å²) in [5.41, 5.74) is 2.40. The van der Waals surface area contributed by atoms with Gasteiger partial charge in [-0.05, 0) is 97.2 Å². The molecule has 11 atom stereocenters. The van der Waals surface area contributed by atoms with Crippen LogP contribution in [-0.4, -0.2) is 24.3 Å². The normalized spacial score (nSPS) is 48.2. The van der Waals surface area contributed by atoms with Gasteiger partial charge in [0.1, 0.15) is 6.10 Å². The van der Waals surface area contributed by atoms with Gasteiger partial charge in [0, 0.05) is 13.3 Å². The van der Waals surface area contributed by atoms with Crippen molar-refractivity contribution in [1.29, 1.82) is 0 Å². The van der Waals surface area contributed by atoms with Crippen molar-refractivity contribution in [2.75, 3.05) is 0 Å². The second-order valence-electron chi connectivity index (χ2n) is 13.5. The van der Waals surface area contributed by atoms with Crippen LogP contribution < -0.4 is 0 Å². The highest BCUT2D eigenvalue weighted by molar-refractivity contribution is 5.66. The van der Waals surface area contributed by atoms with Gasteiger partial charge in [-0.15, -0.1) is 0 Å². The van der Waals surface area contributed by atoms with Crippen molar-refractivity contribution in [2.24, 2.45) is 52.3 Å². The Kier molecular flexibility index (Phi) is 6.07. The Labute approximate surface area is 202 Å². The Balaban J connectivity index is 1.31. The molecule has 5 rings (SSSR count). The van der Waals surface area contributed by atoms with Gasteiger partial charge in [-0.25, -0.2) is 0 Å². The van der Waals surface area contributed by atoms with Gasteiger partial charge in [-0.2, -0.15) is 0 Å². The van der Waals surface area contributed by atoms with Crippen molar-refractivity contribution in [2.45, 2.75) is 118 Å². The number of rotatable bonds is 5. The summed E-state index contributed by atoms with van der Waals surface area (Å²) in [6.07, 6.45) is 13.7. The van der Waals surface area contributed by atoms with Gasteiger partial charge in [0.25, 0.3) is 0 Å². The number of esters is 1. The smallest absolute Gasteiger partial charge is 0.302 e. The molecule has 3 saturated carbocycles. The summed E-state index contributed by atoms with van der Waals surface area (Å²) >= 11 is 0. The first-order valence-electron chi connectivity index (χ1n) is 14.1. The number of epoxide rings is 1. The highest BCUT2D eigenvalue weighted by Crippen LogP contribution is 2.68. The van der Waals surface area contributed by atoms with Crippen LogP contribution in [0.2, 0.25) is 0 Å². The second kappa shape index (κ2) is 8.38. The summed E-state index contributed by atoms with van der Waals surface area (Å²) in [4.78, 5) is 11.5. The second-order valence-corrected chi connectivity index (χ2v) is 13.5. The molecular weight excluding hydrogens is 408 g/mol. The number of carbonyl (C=O) groups excluding carboxylic acids is 1. The predicted molar refractivity (Wildman–Crippen MR) is 133 cm³/mol. The van der Waals surface area contributed by atoms with Crippen molar-refractivity contribution in [3.05, 3.63) is 11.6 Å². The standard InChI is InChI=1S/C30H48O3/c1-17(2)18(3)27-28(33-27)19(4)24-10-11-25-23-9-8-21-16-22(32-20(5)31)12-14-29(21,6)26(23)13-15-30(24,25)7/h8,17-19,22-28H,9-16H2,1-7H3/t18-,19+,22+,23+,24-,25+,26+,27+,28+,29+,30-/m1/s1. The van der Waals surface area contributed by atoms with Crippen LogP contribution in [0, 0.1) is 52.3 Å². The van der Waals surface area contributed by atoms with E-state index in [1.165, 1.54) is 38.5 Å². The van der Waals surface area contributed by atoms with Gasteiger partial charge in [-0.1, -0.05) is 53.2 Å². The third-order valence-electron chi connectivity index (χ3n) is 11.7. The van der Waals surface area contributed by atoms with E-state index < -0.39 is 0 Å². The quantitative estimate of drug-likeness (QED) is 0.249. The van der Waals surface area contributed by atoms with Gasteiger partial charge in [-0.3, -0.25) is 4.79 Å². The third-order valence-corrected chi connectivity index (χ3v) is 11.7. The maximum absolute atomic E-state index is 11.5. The number of hydrogen-bond donors (Lipinski definition) is 0. The summed E-state index contributed by atoms with van der Waals surface area (Å²) in [5.74, 6) is 5.27. The maximum Gasteiger partial charge on any atom is 0.302 e. The van der Waals surface area contributed by atoms with Crippen LogP contribution in [0.3, 0.4) is 0 Å². The van der Waals surface area contributed by atoms with Crippen LogP contribution in [-0.2, 0) is 14.3 Å². The predicted octanol–water partition coefficient (Wildman–Crippen LogP) is 7.19. The topological polar surface area (TPSA) is 38.8 Å². The van der Waals surface area contributed by atoms with E-state index in [1.807, 2.05) is 0 Å². The zero-order valence-electron chi connectivity index (χ0n) is 22.2. The monoisotopic (exact) mass is 456 g/mol. The molecule has 0 aromatic carbocycles. The molecule has 1 aliphatic heterocycles. The molecule has 0 aromatic rings. The number of ether oxygens (including phenoxy) is 2. The molecular formula is C30H48O3. The van der Waals surface area contributed by atoms with Gasteiger partial charge < -0.3 is 9.47 Å². The SMILES string of the molecule is CC(=O)O[C@H]1CC[C@@]2(C)C(=CC[C@H]3[C@@H]4CC[C@H]([C@H](C)[C@@H]5O[C@H]5[C@H](C)C(C)C)[C@@]4(C)CC[C@@H]32)C1. The van der Waals surface area contributed by atoms with Crippen LogP contribution in [0.25, 0.3) is 0 Å². The van der Waals surface area contributed by atoms with E-state index in [0.29, 0.717) is 40.8 Å². The van der Waals surface area contributed by atoms with Crippen LogP contribution in [0.1, 0.15) is 99.8 Å². The minimum atomic E-state index is -0.123. The highest BCUT2D eigenvalue weighted by Gasteiger charge is 2.61. The van der Waals surface area contributed by atoms with E-state index >= 15 is 0 Å². The molecule has 0 radical (unpaired) electrons. The molecule has 0 aromatic heterocycles. The van der Waals surface area contributed by atoms with Crippen molar-refractivity contribution in [3.8, 4) is 0 Å². The number of fused-ring (bicyclic) bond motifs is 5. The molecule has 4 fully saturated rings. The van der Waals surface area contributed by atoms with Crippen LogP contribution in [0.15, 0.2) is 11.6 Å². The first-order valence-corrected chi connectivity index (χ1v) is 14.1. The molecule has 0 amide bonds. The molecule has 0 bridgehead atoms. The van der Waals surface area contributed by atoms with E-state index in [0.717, 1.165) is 36.5 Å². The minimum absolute atomic E-state index is 0.101. The van der Waals surface area contributed by atoms with Crippen LogP contribution in [0.4, 0.5) is 0 Å². The van der Waals surface area contributed by atoms with Crippen LogP contribution >= 0.6 is 0 Å².